The van der Waals surface area contributed by atoms with E-state index in [1.54, 1.807) is 18.2 Å². The van der Waals surface area contributed by atoms with Gasteiger partial charge in [0.1, 0.15) is 5.75 Å². The van der Waals surface area contributed by atoms with Gasteiger partial charge in [0, 0.05) is 4.47 Å². The zero-order chi connectivity index (χ0) is 14.7. The highest BCUT2D eigenvalue weighted by molar-refractivity contribution is 9.10. The van der Waals surface area contributed by atoms with Gasteiger partial charge in [0.25, 0.3) is 5.69 Å². The van der Waals surface area contributed by atoms with Crippen LogP contribution >= 0.6 is 27.5 Å². The number of benzene rings is 1. The predicted molar refractivity (Wildman–Crippen MR) is 77.9 cm³/mol. The van der Waals surface area contributed by atoms with Gasteiger partial charge < -0.3 is 10.2 Å². The molecule has 0 aliphatic carbocycles. The molecule has 0 saturated heterocycles. The van der Waals surface area contributed by atoms with Gasteiger partial charge in [0.2, 0.25) is 5.88 Å². The largest absolute Gasteiger partial charge is 0.437 e. The second kappa shape index (κ2) is 6.04. The van der Waals surface area contributed by atoms with Crippen LogP contribution in [0.2, 0.25) is 5.02 Å². The van der Waals surface area contributed by atoms with Crippen LogP contribution in [0, 0.1) is 10.1 Å². The number of hydrazine groups is 1. The molecular weight excluding hydrogens is 352 g/mol. The molecule has 0 radical (unpaired) electrons. The van der Waals surface area contributed by atoms with Crippen molar-refractivity contribution >= 4 is 39.0 Å². The van der Waals surface area contributed by atoms with E-state index in [4.69, 9.17) is 22.2 Å². The van der Waals surface area contributed by atoms with Gasteiger partial charge in [-0.1, -0.05) is 27.5 Å². The van der Waals surface area contributed by atoms with Crippen LogP contribution in [-0.4, -0.2) is 9.91 Å². The number of anilines is 1. The first kappa shape index (κ1) is 14.5. The zero-order valence-corrected chi connectivity index (χ0v) is 12.2. The standard InChI is InChI=1S/C11H8BrClN4O3/c12-6-1-2-9(8(13)3-6)20-11-5-7(17(18)19)4-10(15-11)16-14/h1-5H,14H2,(H,15,16). The van der Waals surface area contributed by atoms with Gasteiger partial charge >= 0.3 is 0 Å². The van der Waals surface area contributed by atoms with E-state index in [0.717, 1.165) is 4.47 Å². The first-order valence-electron chi connectivity index (χ1n) is 5.25. The van der Waals surface area contributed by atoms with Crippen LogP contribution in [0.5, 0.6) is 11.6 Å². The van der Waals surface area contributed by atoms with Gasteiger partial charge in [-0.3, -0.25) is 10.1 Å². The number of nitrogens with zero attached hydrogens (tertiary/aromatic N) is 2. The van der Waals surface area contributed by atoms with Gasteiger partial charge in [-0.25, -0.2) is 5.84 Å². The first-order chi connectivity index (χ1) is 9.49. The Morgan fingerprint density at radius 3 is 2.75 bits per heavy atom. The molecule has 0 fully saturated rings. The third-order valence-electron chi connectivity index (χ3n) is 2.25. The van der Waals surface area contributed by atoms with Crippen LogP contribution in [0.4, 0.5) is 11.5 Å². The number of halogens is 2. The Labute approximate surface area is 127 Å². The molecule has 0 atom stereocenters. The van der Waals surface area contributed by atoms with Crippen molar-refractivity contribution in [3.8, 4) is 11.6 Å². The Kier molecular flexibility index (Phi) is 4.38. The number of nitro groups is 1. The Morgan fingerprint density at radius 2 is 2.15 bits per heavy atom. The topological polar surface area (TPSA) is 103 Å². The smallest absolute Gasteiger partial charge is 0.278 e. The lowest BCUT2D eigenvalue weighted by Gasteiger charge is -2.08. The molecular formula is C11H8BrClN4O3. The van der Waals surface area contributed by atoms with Crippen LogP contribution in [0.3, 0.4) is 0 Å². The summed E-state index contributed by atoms with van der Waals surface area (Å²) in [5.74, 6) is 5.66. The molecule has 20 heavy (non-hydrogen) atoms. The van der Waals surface area contributed by atoms with Crippen molar-refractivity contribution < 1.29 is 9.66 Å². The van der Waals surface area contributed by atoms with Crippen molar-refractivity contribution in [3.05, 3.63) is 49.9 Å². The zero-order valence-electron chi connectivity index (χ0n) is 9.84. The Hall–Kier alpha value is -1.90. The fourth-order valence-electron chi connectivity index (χ4n) is 1.39. The highest BCUT2D eigenvalue weighted by Crippen LogP contribution is 2.32. The Balaban J connectivity index is 2.37. The fourth-order valence-corrected chi connectivity index (χ4v) is 2.11. The molecule has 3 N–H and O–H groups in total. The summed E-state index contributed by atoms with van der Waals surface area (Å²) in [5, 5.41) is 11.1. The number of nitrogen functional groups attached to an aromatic ring is 1. The predicted octanol–water partition coefficient (Wildman–Crippen LogP) is 3.48. The molecule has 2 rings (SSSR count). The number of hydrogen-bond donors (Lipinski definition) is 2. The number of nitrogens with one attached hydrogen (secondary N) is 1. The van der Waals surface area contributed by atoms with E-state index in [2.05, 4.69) is 26.3 Å². The molecule has 0 bridgehead atoms. The molecule has 0 unspecified atom stereocenters. The van der Waals surface area contributed by atoms with E-state index >= 15 is 0 Å². The van der Waals surface area contributed by atoms with Gasteiger partial charge in [0.05, 0.1) is 22.1 Å². The van der Waals surface area contributed by atoms with Crippen molar-refractivity contribution in [2.24, 2.45) is 5.84 Å². The highest BCUT2D eigenvalue weighted by atomic mass is 79.9. The van der Waals surface area contributed by atoms with Crippen LogP contribution in [-0.2, 0) is 0 Å². The van der Waals surface area contributed by atoms with E-state index in [9.17, 15) is 10.1 Å². The summed E-state index contributed by atoms with van der Waals surface area (Å²) in [5.41, 5.74) is 2.04. The monoisotopic (exact) mass is 358 g/mol. The normalized spacial score (nSPS) is 10.2. The van der Waals surface area contributed by atoms with E-state index < -0.39 is 4.92 Å². The number of nitrogens with two attached hydrogens (primary N) is 1. The lowest BCUT2D eigenvalue weighted by molar-refractivity contribution is -0.384. The molecule has 0 aliphatic rings. The second-order valence-electron chi connectivity index (χ2n) is 3.63. The molecule has 0 spiro atoms. The van der Waals surface area contributed by atoms with E-state index in [1.807, 2.05) is 0 Å². The Morgan fingerprint density at radius 1 is 1.40 bits per heavy atom. The van der Waals surface area contributed by atoms with Gasteiger partial charge in [-0.2, -0.15) is 4.98 Å². The van der Waals surface area contributed by atoms with Gasteiger partial charge in [-0.05, 0) is 18.2 Å². The molecule has 7 nitrogen and oxygen atoms in total. The number of rotatable bonds is 4. The third kappa shape index (κ3) is 3.35. The van der Waals surface area contributed by atoms with Crippen molar-refractivity contribution in [2.75, 3.05) is 5.43 Å². The molecule has 9 heteroatoms. The van der Waals surface area contributed by atoms with Crippen molar-refractivity contribution in [2.45, 2.75) is 0 Å². The summed E-state index contributed by atoms with van der Waals surface area (Å²) in [4.78, 5) is 14.2. The average molecular weight is 360 g/mol. The maximum Gasteiger partial charge on any atom is 0.278 e. The maximum atomic E-state index is 10.8. The highest BCUT2D eigenvalue weighted by Gasteiger charge is 2.13. The summed E-state index contributed by atoms with van der Waals surface area (Å²) in [6.45, 7) is 0. The molecule has 1 aromatic heterocycles. The lowest BCUT2D eigenvalue weighted by Crippen LogP contribution is -2.09. The first-order valence-corrected chi connectivity index (χ1v) is 6.42. The maximum absolute atomic E-state index is 10.8. The van der Waals surface area contributed by atoms with E-state index in [0.29, 0.717) is 10.8 Å². The molecule has 104 valence electrons. The number of pyridine rings is 1. The quantitative estimate of drug-likeness (QED) is 0.492. The van der Waals surface area contributed by atoms with Gasteiger partial charge in [-0.15, -0.1) is 0 Å². The van der Waals surface area contributed by atoms with Crippen molar-refractivity contribution in [1.29, 1.82) is 0 Å². The number of hydrogen-bond acceptors (Lipinski definition) is 6. The summed E-state index contributed by atoms with van der Waals surface area (Å²) < 4.78 is 6.22. The minimum atomic E-state index is -0.571. The lowest BCUT2D eigenvalue weighted by atomic mass is 10.3. The number of aromatic nitrogens is 1. The summed E-state index contributed by atoms with van der Waals surface area (Å²) in [6.07, 6.45) is 0. The molecule has 1 aromatic carbocycles. The second-order valence-corrected chi connectivity index (χ2v) is 4.95. The molecule has 2 aromatic rings. The Bertz CT molecular complexity index is 668. The minimum Gasteiger partial charge on any atom is -0.437 e. The fraction of sp³-hybridized carbons (Fsp3) is 0. The molecule has 0 aliphatic heterocycles. The number of ether oxygens (including phenoxy) is 1. The van der Waals surface area contributed by atoms with Crippen LogP contribution in [0.1, 0.15) is 0 Å². The van der Waals surface area contributed by atoms with Crippen molar-refractivity contribution in [3.63, 3.8) is 0 Å². The average Bonchev–Trinajstić information content (AvgIpc) is 2.41. The van der Waals surface area contributed by atoms with E-state index in [1.165, 1.54) is 12.1 Å². The SMILES string of the molecule is NNc1cc([N+](=O)[O-])cc(Oc2ccc(Br)cc2Cl)n1. The van der Waals surface area contributed by atoms with Gasteiger partial charge in [0.15, 0.2) is 5.82 Å². The molecule has 0 amide bonds. The van der Waals surface area contributed by atoms with E-state index in [-0.39, 0.29) is 17.4 Å². The molecule has 0 saturated carbocycles. The third-order valence-corrected chi connectivity index (χ3v) is 3.04. The van der Waals surface area contributed by atoms with Crippen LogP contribution in [0.15, 0.2) is 34.8 Å². The van der Waals surface area contributed by atoms with Crippen LogP contribution in [0.25, 0.3) is 0 Å². The summed E-state index contributed by atoms with van der Waals surface area (Å²) in [6, 6.07) is 7.34. The van der Waals surface area contributed by atoms with Crippen molar-refractivity contribution in [1.82, 2.24) is 4.98 Å². The summed E-state index contributed by atoms with van der Waals surface area (Å²) in [7, 11) is 0. The summed E-state index contributed by atoms with van der Waals surface area (Å²) >= 11 is 9.26. The minimum absolute atomic E-state index is 0.0105. The molecule has 1 heterocycles. The van der Waals surface area contributed by atoms with Crippen LogP contribution < -0.4 is 16.0 Å².